The fourth-order valence-corrected chi connectivity index (χ4v) is 2.68. The lowest BCUT2D eigenvalue weighted by Crippen LogP contribution is -2.11. The molecule has 0 aliphatic carbocycles. The number of nitrogens with zero attached hydrogens (tertiary/aromatic N) is 1. The molecule has 4 nitrogen and oxygen atoms in total. The van der Waals surface area contributed by atoms with E-state index in [0.717, 1.165) is 11.3 Å². The number of aryl methyl sites for hydroxylation is 1. The Labute approximate surface area is 122 Å². The average molecular weight is 279 g/mol. The highest BCUT2D eigenvalue weighted by atomic mass is 16.1. The molecule has 1 unspecified atom stereocenters. The maximum absolute atomic E-state index is 11.7. The zero-order valence-electron chi connectivity index (χ0n) is 12.1. The first-order valence-electron chi connectivity index (χ1n) is 6.90. The summed E-state index contributed by atoms with van der Waals surface area (Å²) in [7, 11) is 0. The van der Waals surface area contributed by atoms with E-state index in [-0.39, 0.29) is 11.5 Å². The highest BCUT2D eigenvalue weighted by Gasteiger charge is 2.20. The minimum absolute atomic E-state index is 0.0188. The van der Waals surface area contributed by atoms with Gasteiger partial charge in [-0.15, -0.1) is 0 Å². The molecule has 3 rings (SSSR count). The predicted molar refractivity (Wildman–Crippen MR) is 82.5 cm³/mol. The van der Waals surface area contributed by atoms with Gasteiger partial charge in [-0.1, -0.05) is 18.2 Å². The molecule has 1 atom stereocenters. The minimum Gasteiger partial charge on any atom is -0.348 e. The maximum atomic E-state index is 11.7. The largest absolute Gasteiger partial charge is 0.348 e. The van der Waals surface area contributed by atoms with Crippen LogP contribution in [-0.2, 0) is 0 Å². The summed E-state index contributed by atoms with van der Waals surface area (Å²) in [5.74, 6) is -0.0188. The topological polar surface area (TPSA) is 61.5 Å². The van der Waals surface area contributed by atoms with Crippen molar-refractivity contribution >= 4 is 0 Å². The fourth-order valence-electron chi connectivity index (χ4n) is 2.68. The average Bonchev–Trinajstić information content (AvgIpc) is 2.98. The van der Waals surface area contributed by atoms with Crippen LogP contribution in [0, 0.1) is 13.8 Å². The monoisotopic (exact) mass is 279 g/mol. The molecule has 0 saturated heterocycles. The molecule has 0 saturated carbocycles. The van der Waals surface area contributed by atoms with Crippen molar-refractivity contribution in [1.29, 1.82) is 0 Å². The summed E-state index contributed by atoms with van der Waals surface area (Å²) in [6.45, 7) is 4.21. The molecule has 2 aromatic heterocycles. The van der Waals surface area contributed by atoms with Crippen molar-refractivity contribution in [2.24, 2.45) is 0 Å². The molecule has 2 heterocycles. The fraction of sp³-hybridized carbons (Fsp3) is 0.176. The van der Waals surface area contributed by atoms with E-state index in [2.05, 4.69) is 40.9 Å². The third kappa shape index (κ3) is 2.52. The van der Waals surface area contributed by atoms with Gasteiger partial charge >= 0.3 is 0 Å². The van der Waals surface area contributed by atoms with E-state index in [9.17, 15) is 4.79 Å². The standard InChI is InChI=1S/C17H17N3O/c1-11-4-3-5-14(12(11)2)17(15-9-18-10-20-15)13-6-7-19-16(21)8-13/h3-10,17H,1-2H3,(H,18,20)(H,19,21). The summed E-state index contributed by atoms with van der Waals surface area (Å²) in [4.78, 5) is 21.6. The predicted octanol–water partition coefficient (Wildman–Crippen LogP) is 2.90. The minimum atomic E-state index is -0.0951. The van der Waals surface area contributed by atoms with Crippen molar-refractivity contribution in [1.82, 2.24) is 15.0 Å². The molecule has 0 amide bonds. The second-order valence-electron chi connectivity index (χ2n) is 5.22. The number of hydrogen-bond acceptors (Lipinski definition) is 2. The highest BCUT2D eigenvalue weighted by molar-refractivity contribution is 5.45. The number of benzene rings is 1. The summed E-state index contributed by atoms with van der Waals surface area (Å²) in [6.07, 6.45) is 5.17. The lowest BCUT2D eigenvalue weighted by Gasteiger charge is -2.19. The molecule has 0 aliphatic rings. The first-order chi connectivity index (χ1) is 10.2. The van der Waals surface area contributed by atoms with Crippen molar-refractivity contribution in [3.05, 3.63) is 87.4 Å². The zero-order chi connectivity index (χ0) is 14.8. The van der Waals surface area contributed by atoms with E-state index >= 15 is 0 Å². The van der Waals surface area contributed by atoms with E-state index in [4.69, 9.17) is 0 Å². The third-order valence-corrected chi connectivity index (χ3v) is 3.92. The summed E-state index contributed by atoms with van der Waals surface area (Å²) >= 11 is 0. The molecule has 0 bridgehead atoms. The number of nitrogens with one attached hydrogen (secondary N) is 2. The lowest BCUT2D eigenvalue weighted by atomic mass is 9.85. The number of rotatable bonds is 3. The van der Waals surface area contributed by atoms with Crippen LogP contribution < -0.4 is 5.56 Å². The van der Waals surface area contributed by atoms with Gasteiger partial charge < -0.3 is 9.97 Å². The summed E-state index contributed by atoms with van der Waals surface area (Å²) in [5, 5.41) is 0. The van der Waals surface area contributed by atoms with Crippen LogP contribution in [0.5, 0.6) is 0 Å². The van der Waals surface area contributed by atoms with Gasteiger partial charge in [0.25, 0.3) is 0 Å². The Morgan fingerprint density at radius 3 is 2.71 bits per heavy atom. The molecule has 106 valence electrons. The van der Waals surface area contributed by atoms with Crippen LogP contribution in [-0.4, -0.2) is 15.0 Å². The smallest absolute Gasteiger partial charge is 0.248 e. The SMILES string of the molecule is Cc1cccc(C(c2cc[nH]c(=O)c2)c2cnc[nH]2)c1C. The molecule has 0 aliphatic heterocycles. The second-order valence-corrected chi connectivity index (χ2v) is 5.22. The van der Waals surface area contributed by atoms with Crippen molar-refractivity contribution in [2.45, 2.75) is 19.8 Å². The van der Waals surface area contributed by atoms with Gasteiger partial charge in [0.15, 0.2) is 0 Å². The van der Waals surface area contributed by atoms with Gasteiger partial charge in [-0.25, -0.2) is 4.98 Å². The van der Waals surface area contributed by atoms with Gasteiger partial charge in [0.1, 0.15) is 0 Å². The van der Waals surface area contributed by atoms with E-state index < -0.39 is 0 Å². The number of imidazole rings is 1. The number of pyridine rings is 1. The van der Waals surface area contributed by atoms with Crippen LogP contribution in [0.25, 0.3) is 0 Å². The Hall–Kier alpha value is -2.62. The molecule has 4 heteroatoms. The van der Waals surface area contributed by atoms with Crippen molar-refractivity contribution in [2.75, 3.05) is 0 Å². The summed E-state index contributed by atoms with van der Waals surface area (Å²) in [6, 6.07) is 9.84. The Balaban J connectivity index is 2.22. The van der Waals surface area contributed by atoms with Gasteiger partial charge in [-0.3, -0.25) is 4.79 Å². The van der Waals surface area contributed by atoms with E-state index in [1.165, 1.54) is 16.7 Å². The second kappa shape index (κ2) is 5.40. The molecule has 0 radical (unpaired) electrons. The quantitative estimate of drug-likeness (QED) is 0.774. The first kappa shape index (κ1) is 13.4. The normalized spacial score (nSPS) is 12.3. The molecule has 2 N–H and O–H groups in total. The van der Waals surface area contributed by atoms with Gasteiger partial charge in [-0.2, -0.15) is 0 Å². The lowest BCUT2D eigenvalue weighted by molar-refractivity contribution is 0.910. The first-order valence-corrected chi connectivity index (χ1v) is 6.90. The Bertz CT molecular complexity index is 803. The van der Waals surface area contributed by atoms with Crippen molar-refractivity contribution < 1.29 is 0 Å². The molecule has 21 heavy (non-hydrogen) atoms. The molecule has 0 fully saturated rings. The Morgan fingerprint density at radius 1 is 1.14 bits per heavy atom. The van der Waals surface area contributed by atoms with Crippen LogP contribution in [0.4, 0.5) is 0 Å². The van der Waals surface area contributed by atoms with Gasteiger partial charge in [0.05, 0.1) is 12.2 Å². The molecular weight excluding hydrogens is 262 g/mol. The van der Waals surface area contributed by atoms with Crippen LogP contribution >= 0.6 is 0 Å². The van der Waals surface area contributed by atoms with E-state index in [1.807, 2.05) is 18.3 Å². The van der Waals surface area contributed by atoms with Crippen LogP contribution in [0.1, 0.15) is 33.9 Å². The molecule has 0 spiro atoms. The number of H-pyrrole nitrogens is 2. The molecule has 1 aromatic carbocycles. The van der Waals surface area contributed by atoms with E-state index in [1.54, 1.807) is 18.6 Å². The number of aromatic nitrogens is 3. The number of hydrogen-bond donors (Lipinski definition) is 2. The Kier molecular flexibility index (Phi) is 3.44. The van der Waals surface area contributed by atoms with Crippen molar-refractivity contribution in [3.8, 4) is 0 Å². The number of aromatic amines is 2. The Morgan fingerprint density at radius 2 is 2.00 bits per heavy atom. The van der Waals surface area contributed by atoms with Crippen molar-refractivity contribution in [3.63, 3.8) is 0 Å². The van der Waals surface area contributed by atoms with Gasteiger partial charge in [0, 0.05) is 24.2 Å². The zero-order valence-corrected chi connectivity index (χ0v) is 12.1. The summed E-state index contributed by atoms with van der Waals surface area (Å²) in [5.41, 5.74) is 5.50. The molecular formula is C17H17N3O. The van der Waals surface area contributed by atoms with Gasteiger partial charge in [0.2, 0.25) is 5.56 Å². The van der Waals surface area contributed by atoms with Crippen LogP contribution in [0.15, 0.2) is 53.8 Å². The third-order valence-electron chi connectivity index (χ3n) is 3.92. The summed E-state index contributed by atoms with van der Waals surface area (Å²) < 4.78 is 0. The van der Waals surface area contributed by atoms with Crippen LogP contribution in [0.2, 0.25) is 0 Å². The van der Waals surface area contributed by atoms with E-state index in [0.29, 0.717) is 0 Å². The molecule has 3 aromatic rings. The maximum Gasteiger partial charge on any atom is 0.248 e. The van der Waals surface area contributed by atoms with Gasteiger partial charge in [-0.05, 0) is 42.2 Å². The highest BCUT2D eigenvalue weighted by Crippen LogP contribution is 2.32. The van der Waals surface area contributed by atoms with Crippen LogP contribution in [0.3, 0.4) is 0 Å².